The predicted octanol–water partition coefficient (Wildman–Crippen LogP) is 3.13. The first kappa shape index (κ1) is 21.6. The second kappa shape index (κ2) is 8.98. The highest BCUT2D eigenvalue weighted by Crippen LogP contribution is 2.45. The number of rotatable bonds is 3. The molecule has 1 saturated heterocycles. The lowest BCUT2D eigenvalue weighted by molar-refractivity contribution is -0.128. The molecule has 7 heteroatoms. The van der Waals surface area contributed by atoms with E-state index >= 15 is 0 Å². The summed E-state index contributed by atoms with van der Waals surface area (Å²) in [4.78, 5) is 45.5. The van der Waals surface area contributed by atoms with Gasteiger partial charge >= 0.3 is 0 Å². The maximum Gasteiger partial charge on any atom is 0.253 e. The minimum absolute atomic E-state index is 0.0373. The van der Waals surface area contributed by atoms with Crippen LogP contribution in [0.1, 0.15) is 42.5 Å². The lowest BCUT2D eigenvalue weighted by Crippen LogP contribution is -2.62. The molecule has 7 nitrogen and oxygen atoms in total. The molecule has 3 aliphatic rings. The number of anilines is 2. The molecular formula is C26H30N4O3. The van der Waals surface area contributed by atoms with Gasteiger partial charge in [-0.05, 0) is 43.5 Å². The van der Waals surface area contributed by atoms with E-state index in [2.05, 4.69) is 10.2 Å². The first-order chi connectivity index (χ1) is 16.1. The quantitative estimate of drug-likeness (QED) is 0.786. The van der Waals surface area contributed by atoms with Gasteiger partial charge in [0.25, 0.3) is 11.8 Å². The smallest absolute Gasteiger partial charge is 0.253 e. The van der Waals surface area contributed by atoms with Gasteiger partial charge in [0.05, 0.1) is 17.9 Å². The Morgan fingerprint density at radius 2 is 1.58 bits per heavy atom. The molecule has 1 saturated carbocycles. The van der Waals surface area contributed by atoms with Gasteiger partial charge in [0.1, 0.15) is 5.54 Å². The molecule has 2 aromatic carbocycles. The Morgan fingerprint density at radius 1 is 0.848 bits per heavy atom. The maximum atomic E-state index is 13.7. The third-order valence-electron chi connectivity index (χ3n) is 7.18. The van der Waals surface area contributed by atoms with Crippen molar-refractivity contribution in [3.8, 4) is 0 Å². The van der Waals surface area contributed by atoms with E-state index in [4.69, 9.17) is 0 Å². The van der Waals surface area contributed by atoms with Gasteiger partial charge in [0.2, 0.25) is 5.91 Å². The van der Waals surface area contributed by atoms with Crippen LogP contribution in [0.15, 0.2) is 54.6 Å². The van der Waals surface area contributed by atoms with Crippen LogP contribution < -0.4 is 10.2 Å². The van der Waals surface area contributed by atoms with E-state index in [-0.39, 0.29) is 24.3 Å². The van der Waals surface area contributed by atoms with Crippen molar-refractivity contribution in [1.29, 1.82) is 0 Å². The van der Waals surface area contributed by atoms with Gasteiger partial charge in [-0.1, -0.05) is 43.2 Å². The minimum Gasteiger partial charge on any atom is -0.337 e. The predicted molar refractivity (Wildman–Crippen MR) is 127 cm³/mol. The third-order valence-corrected chi connectivity index (χ3v) is 7.18. The van der Waals surface area contributed by atoms with Crippen LogP contribution in [0.5, 0.6) is 0 Å². The molecular weight excluding hydrogens is 416 g/mol. The van der Waals surface area contributed by atoms with Gasteiger partial charge in [-0.25, -0.2) is 0 Å². The summed E-state index contributed by atoms with van der Waals surface area (Å²) in [6.45, 7) is 2.90. The van der Waals surface area contributed by atoms with Crippen molar-refractivity contribution >= 4 is 29.1 Å². The summed E-state index contributed by atoms with van der Waals surface area (Å²) in [5.41, 5.74) is 1.40. The number of para-hydroxylation sites is 2. The highest BCUT2D eigenvalue weighted by molar-refractivity contribution is 6.15. The summed E-state index contributed by atoms with van der Waals surface area (Å²) in [5.74, 6) is -0.0695. The van der Waals surface area contributed by atoms with E-state index in [1.54, 1.807) is 4.90 Å². The number of amides is 3. The van der Waals surface area contributed by atoms with Crippen LogP contribution in [0, 0.1) is 0 Å². The Labute approximate surface area is 194 Å². The molecule has 0 aromatic heterocycles. The second-order valence-corrected chi connectivity index (χ2v) is 9.23. The lowest BCUT2D eigenvalue weighted by Gasteiger charge is -2.45. The largest absolute Gasteiger partial charge is 0.337 e. The van der Waals surface area contributed by atoms with Gasteiger partial charge in [0.15, 0.2) is 0 Å². The summed E-state index contributed by atoms with van der Waals surface area (Å²) in [6.07, 6.45) is 4.09. The molecule has 2 heterocycles. The van der Waals surface area contributed by atoms with Crippen molar-refractivity contribution in [2.45, 2.75) is 37.6 Å². The average molecular weight is 447 g/mol. The molecule has 0 radical (unpaired) electrons. The van der Waals surface area contributed by atoms with Gasteiger partial charge < -0.3 is 10.2 Å². The van der Waals surface area contributed by atoms with Crippen molar-refractivity contribution in [3.05, 3.63) is 60.2 Å². The molecule has 1 spiro atoms. The monoisotopic (exact) mass is 446 g/mol. The Bertz CT molecular complexity index is 1050. The number of hydrogen-bond donors (Lipinski definition) is 1. The summed E-state index contributed by atoms with van der Waals surface area (Å²) in [5, 5.41) is 3.03. The second-order valence-electron chi connectivity index (χ2n) is 9.23. The summed E-state index contributed by atoms with van der Waals surface area (Å²) >= 11 is 0. The molecule has 33 heavy (non-hydrogen) atoms. The number of carbonyl (C=O) groups is 3. The SMILES string of the molecule is O=C(c1ccccc1)N1CCCN(CC(=O)N2c3ccccc3NC(=O)C23CCCC3)CC1. The van der Waals surface area contributed by atoms with E-state index in [9.17, 15) is 14.4 Å². The normalized spacial score (nSPS) is 20.3. The van der Waals surface area contributed by atoms with E-state index in [0.717, 1.165) is 31.5 Å². The molecule has 2 aromatic rings. The molecule has 1 N–H and O–H groups in total. The third kappa shape index (κ3) is 4.02. The van der Waals surface area contributed by atoms with Gasteiger partial charge in [0, 0.05) is 31.7 Å². The van der Waals surface area contributed by atoms with Crippen molar-refractivity contribution in [3.63, 3.8) is 0 Å². The van der Waals surface area contributed by atoms with E-state index in [1.165, 1.54) is 0 Å². The van der Waals surface area contributed by atoms with Crippen LogP contribution in [0.2, 0.25) is 0 Å². The zero-order chi connectivity index (χ0) is 22.8. The molecule has 5 rings (SSSR count). The maximum absolute atomic E-state index is 13.7. The Kier molecular flexibility index (Phi) is 5.89. The minimum atomic E-state index is -0.785. The number of fused-ring (bicyclic) bond motifs is 1. The van der Waals surface area contributed by atoms with Gasteiger partial charge in [-0.3, -0.25) is 24.2 Å². The molecule has 0 atom stereocenters. The molecule has 0 bridgehead atoms. The first-order valence-electron chi connectivity index (χ1n) is 11.9. The molecule has 172 valence electrons. The number of nitrogens with one attached hydrogen (secondary N) is 1. The zero-order valence-electron chi connectivity index (χ0n) is 18.8. The number of nitrogens with zero attached hydrogens (tertiary/aromatic N) is 3. The van der Waals surface area contributed by atoms with Crippen LogP contribution in [-0.2, 0) is 9.59 Å². The Morgan fingerprint density at radius 3 is 2.36 bits per heavy atom. The number of benzene rings is 2. The van der Waals surface area contributed by atoms with Crippen LogP contribution in [0.4, 0.5) is 11.4 Å². The summed E-state index contributed by atoms with van der Waals surface area (Å²) in [7, 11) is 0. The topological polar surface area (TPSA) is 73.0 Å². The van der Waals surface area contributed by atoms with Crippen LogP contribution in [0.25, 0.3) is 0 Å². The van der Waals surface area contributed by atoms with Crippen molar-refractivity contribution in [2.24, 2.45) is 0 Å². The fourth-order valence-corrected chi connectivity index (χ4v) is 5.49. The van der Waals surface area contributed by atoms with E-state index in [1.807, 2.05) is 59.5 Å². The van der Waals surface area contributed by atoms with E-state index < -0.39 is 5.54 Å². The van der Waals surface area contributed by atoms with Gasteiger partial charge in [-0.15, -0.1) is 0 Å². The molecule has 1 aliphatic carbocycles. The molecule has 0 unspecified atom stereocenters. The Hall–Kier alpha value is -3.19. The number of hydrogen-bond acceptors (Lipinski definition) is 4. The lowest BCUT2D eigenvalue weighted by atomic mass is 9.89. The Balaban J connectivity index is 1.32. The van der Waals surface area contributed by atoms with Crippen LogP contribution in [-0.4, -0.2) is 65.8 Å². The fraction of sp³-hybridized carbons (Fsp3) is 0.423. The van der Waals surface area contributed by atoms with E-state index in [0.29, 0.717) is 43.7 Å². The van der Waals surface area contributed by atoms with Gasteiger partial charge in [-0.2, -0.15) is 0 Å². The molecule has 2 aliphatic heterocycles. The van der Waals surface area contributed by atoms with Crippen LogP contribution in [0.3, 0.4) is 0 Å². The average Bonchev–Trinajstić information content (AvgIpc) is 3.20. The number of carbonyl (C=O) groups excluding carboxylic acids is 3. The molecule has 2 fully saturated rings. The zero-order valence-corrected chi connectivity index (χ0v) is 18.8. The standard InChI is InChI=1S/C26H30N4O3/c31-23(19-28-15-8-16-29(18-17-28)24(32)20-9-2-1-3-10-20)30-22-12-5-4-11-21(22)27-25(33)26(30)13-6-7-14-26/h1-5,9-12H,6-8,13-19H2,(H,27,33). The van der Waals surface area contributed by atoms with Crippen LogP contribution >= 0.6 is 0 Å². The van der Waals surface area contributed by atoms with Crippen molar-refractivity contribution < 1.29 is 14.4 Å². The summed E-state index contributed by atoms with van der Waals surface area (Å²) < 4.78 is 0. The highest BCUT2D eigenvalue weighted by atomic mass is 16.2. The van der Waals surface area contributed by atoms with Crippen molar-refractivity contribution in [1.82, 2.24) is 9.80 Å². The fourth-order valence-electron chi connectivity index (χ4n) is 5.49. The molecule has 3 amide bonds. The summed E-state index contributed by atoms with van der Waals surface area (Å²) in [6, 6.07) is 16.9. The first-order valence-corrected chi connectivity index (χ1v) is 11.9. The highest BCUT2D eigenvalue weighted by Gasteiger charge is 2.52. The van der Waals surface area contributed by atoms with Crippen molar-refractivity contribution in [2.75, 3.05) is 42.9 Å².